The van der Waals surface area contributed by atoms with Crippen molar-refractivity contribution in [2.45, 2.75) is 25.1 Å². The van der Waals surface area contributed by atoms with Crippen molar-refractivity contribution in [1.82, 2.24) is 15.2 Å². The number of aromatic nitrogens is 3. The zero-order valence-corrected chi connectivity index (χ0v) is 16.6. The Morgan fingerprint density at radius 2 is 2.07 bits per heavy atom. The van der Waals surface area contributed by atoms with Gasteiger partial charge in [0.2, 0.25) is 5.16 Å². The molecule has 8 heteroatoms. The summed E-state index contributed by atoms with van der Waals surface area (Å²) in [6.07, 6.45) is 2.21. The summed E-state index contributed by atoms with van der Waals surface area (Å²) in [7, 11) is 0. The topological polar surface area (TPSA) is 90.9 Å². The molecule has 1 heterocycles. The van der Waals surface area contributed by atoms with Gasteiger partial charge >= 0.3 is 0 Å². The third-order valence-electron chi connectivity index (χ3n) is 3.72. The Balaban J connectivity index is 1.67. The molecule has 1 N–H and O–H groups in total. The molecule has 0 spiro atoms. The summed E-state index contributed by atoms with van der Waals surface area (Å²) in [5.41, 5.74) is 1.66. The second kappa shape index (κ2) is 9.43. The predicted molar refractivity (Wildman–Crippen MR) is 107 cm³/mol. The highest BCUT2D eigenvalue weighted by Crippen LogP contribution is 2.26. The third-order valence-corrected chi connectivity index (χ3v) is 4.83. The number of H-pyrrole nitrogens is 1. The van der Waals surface area contributed by atoms with Gasteiger partial charge in [0.05, 0.1) is 5.97 Å². The Hall–Kier alpha value is -2.77. The standard InChI is InChI=1S/C20H18ClN3O3S/c1-2-18-22-20(24-23-18)28-17(19(25)26)11-13-6-8-16(9-7-13)27-12-14-4-3-5-15(21)10-14/h3-11H,2,12H2,1H3,(H,25,26)(H,22,23,24)/p-1/b17-11-. The van der Waals surface area contributed by atoms with Crippen LogP contribution >= 0.6 is 23.4 Å². The number of carboxylic acid groups (broad SMARTS) is 1. The van der Waals surface area contributed by atoms with Crippen LogP contribution in [0.5, 0.6) is 5.75 Å². The average Bonchev–Trinajstić information content (AvgIpc) is 3.14. The Kier molecular flexibility index (Phi) is 6.73. The molecule has 0 aliphatic carbocycles. The molecule has 0 atom stereocenters. The van der Waals surface area contributed by atoms with Crippen LogP contribution in [-0.2, 0) is 17.8 Å². The molecule has 28 heavy (non-hydrogen) atoms. The van der Waals surface area contributed by atoms with E-state index in [0.29, 0.717) is 40.3 Å². The highest BCUT2D eigenvalue weighted by molar-refractivity contribution is 8.04. The molecule has 2 aromatic carbocycles. The number of aliphatic carboxylic acids is 1. The van der Waals surface area contributed by atoms with Gasteiger partial charge in [-0.3, -0.25) is 5.10 Å². The first-order valence-corrected chi connectivity index (χ1v) is 9.72. The van der Waals surface area contributed by atoms with Gasteiger partial charge in [-0.25, -0.2) is 4.98 Å². The van der Waals surface area contributed by atoms with Crippen LogP contribution in [0.15, 0.2) is 58.6 Å². The first kappa shape index (κ1) is 20.0. The predicted octanol–water partition coefficient (Wildman–Crippen LogP) is 3.48. The number of aromatic amines is 1. The number of nitrogens with zero attached hydrogens (tertiary/aromatic N) is 2. The number of aryl methyl sites for hydroxylation is 1. The Morgan fingerprint density at radius 1 is 1.29 bits per heavy atom. The molecule has 0 fully saturated rings. The van der Waals surface area contributed by atoms with Crippen LogP contribution in [0, 0.1) is 0 Å². The van der Waals surface area contributed by atoms with Crippen molar-refractivity contribution >= 4 is 35.4 Å². The number of carbonyl (C=O) groups excluding carboxylic acids is 1. The number of nitrogens with one attached hydrogen (secondary N) is 1. The lowest BCUT2D eigenvalue weighted by atomic mass is 10.2. The first-order valence-electron chi connectivity index (χ1n) is 8.53. The number of ether oxygens (including phenoxy) is 1. The number of carboxylic acids is 1. The number of hydrogen-bond acceptors (Lipinski definition) is 6. The van der Waals surface area contributed by atoms with Crippen molar-refractivity contribution in [3.63, 3.8) is 0 Å². The molecule has 0 amide bonds. The number of carbonyl (C=O) groups is 1. The Bertz CT molecular complexity index is 986. The van der Waals surface area contributed by atoms with E-state index in [-0.39, 0.29) is 4.91 Å². The third kappa shape index (κ3) is 5.61. The summed E-state index contributed by atoms with van der Waals surface area (Å²) in [6.45, 7) is 2.32. The summed E-state index contributed by atoms with van der Waals surface area (Å²) in [6, 6.07) is 14.5. The number of rotatable bonds is 8. The lowest BCUT2D eigenvalue weighted by molar-refractivity contribution is -0.297. The molecule has 144 valence electrons. The lowest BCUT2D eigenvalue weighted by Crippen LogP contribution is -2.23. The molecule has 0 bridgehead atoms. The van der Waals surface area contributed by atoms with E-state index in [0.717, 1.165) is 17.3 Å². The molecule has 0 radical (unpaired) electrons. The van der Waals surface area contributed by atoms with Crippen molar-refractivity contribution in [3.8, 4) is 5.75 Å². The van der Waals surface area contributed by atoms with Gasteiger partial charge in [-0.1, -0.05) is 42.8 Å². The highest BCUT2D eigenvalue weighted by atomic mass is 35.5. The number of halogens is 1. The second-order valence-corrected chi connectivity index (χ2v) is 7.25. The minimum absolute atomic E-state index is 0.0225. The maximum Gasteiger partial charge on any atom is 0.213 e. The van der Waals surface area contributed by atoms with E-state index in [1.807, 2.05) is 25.1 Å². The van der Waals surface area contributed by atoms with Gasteiger partial charge in [-0.2, -0.15) is 0 Å². The smallest absolute Gasteiger partial charge is 0.213 e. The molecule has 3 aromatic rings. The summed E-state index contributed by atoms with van der Waals surface area (Å²) < 4.78 is 5.73. The lowest BCUT2D eigenvalue weighted by Gasteiger charge is -2.08. The van der Waals surface area contributed by atoms with Gasteiger partial charge in [0.1, 0.15) is 18.2 Å². The monoisotopic (exact) mass is 414 g/mol. The van der Waals surface area contributed by atoms with Gasteiger partial charge < -0.3 is 14.6 Å². The summed E-state index contributed by atoms with van der Waals surface area (Å²) in [4.78, 5) is 15.7. The van der Waals surface area contributed by atoms with E-state index in [2.05, 4.69) is 15.2 Å². The summed E-state index contributed by atoms with van der Waals surface area (Å²) >= 11 is 6.90. The van der Waals surface area contributed by atoms with Crippen LogP contribution in [0.3, 0.4) is 0 Å². The molecule has 0 saturated heterocycles. The Morgan fingerprint density at radius 3 is 2.71 bits per heavy atom. The fourth-order valence-corrected chi connectivity index (χ4v) is 3.25. The van der Waals surface area contributed by atoms with Crippen LogP contribution < -0.4 is 9.84 Å². The van der Waals surface area contributed by atoms with Gasteiger partial charge in [0.25, 0.3) is 0 Å². The van der Waals surface area contributed by atoms with Gasteiger partial charge in [0.15, 0.2) is 0 Å². The van der Waals surface area contributed by atoms with Gasteiger partial charge in [-0.05, 0) is 53.2 Å². The van der Waals surface area contributed by atoms with Crippen molar-refractivity contribution in [3.05, 3.63) is 75.4 Å². The van der Waals surface area contributed by atoms with E-state index >= 15 is 0 Å². The van der Waals surface area contributed by atoms with E-state index in [9.17, 15) is 9.90 Å². The van der Waals surface area contributed by atoms with Crippen molar-refractivity contribution in [1.29, 1.82) is 0 Å². The van der Waals surface area contributed by atoms with E-state index in [1.165, 1.54) is 6.08 Å². The van der Waals surface area contributed by atoms with E-state index < -0.39 is 5.97 Å². The summed E-state index contributed by atoms with van der Waals surface area (Å²) in [5.74, 6) is 0.0804. The van der Waals surface area contributed by atoms with Crippen LogP contribution in [0.2, 0.25) is 5.02 Å². The molecule has 0 aliphatic rings. The molecule has 3 rings (SSSR count). The largest absolute Gasteiger partial charge is 0.544 e. The van der Waals surface area contributed by atoms with E-state index in [4.69, 9.17) is 16.3 Å². The minimum Gasteiger partial charge on any atom is -0.544 e. The Labute approximate surface area is 171 Å². The SMILES string of the molecule is CCc1nc(S/C(=C\c2ccc(OCc3cccc(Cl)c3)cc2)C(=O)[O-])n[nH]1. The molecule has 0 saturated carbocycles. The van der Waals surface area contributed by atoms with Crippen molar-refractivity contribution in [2.75, 3.05) is 0 Å². The number of hydrogen-bond donors (Lipinski definition) is 1. The summed E-state index contributed by atoms with van der Waals surface area (Å²) in [5, 5.41) is 19.2. The number of thioether (sulfide) groups is 1. The molecule has 0 unspecified atom stereocenters. The molecule has 1 aromatic heterocycles. The van der Waals surface area contributed by atoms with Crippen molar-refractivity contribution < 1.29 is 14.6 Å². The fourth-order valence-electron chi connectivity index (χ4n) is 2.32. The average molecular weight is 415 g/mol. The van der Waals surface area contributed by atoms with E-state index in [1.54, 1.807) is 30.3 Å². The molecular formula is C20H17ClN3O3S-. The van der Waals surface area contributed by atoms with Crippen molar-refractivity contribution in [2.24, 2.45) is 0 Å². The molecule has 6 nitrogen and oxygen atoms in total. The highest BCUT2D eigenvalue weighted by Gasteiger charge is 2.08. The fraction of sp³-hybridized carbons (Fsp3) is 0.150. The van der Waals surface area contributed by atoms with Crippen LogP contribution in [0.4, 0.5) is 0 Å². The normalized spacial score (nSPS) is 11.4. The molecular weight excluding hydrogens is 398 g/mol. The molecule has 0 aliphatic heterocycles. The quantitative estimate of drug-likeness (QED) is 0.448. The van der Waals surface area contributed by atoms with Gasteiger partial charge in [-0.15, -0.1) is 5.10 Å². The number of benzene rings is 2. The minimum atomic E-state index is -1.28. The van der Waals surface area contributed by atoms with Crippen LogP contribution in [0.1, 0.15) is 23.9 Å². The zero-order chi connectivity index (χ0) is 19.9. The maximum atomic E-state index is 11.4. The van der Waals surface area contributed by atoms with Crippen LogP contribution in [-0.4, -0.2) is 21.2 Å². The van der Waals surface area contributed by atoms with Gasteiger partial charge in [0, 0.05) is 16.3 Å². The maximum absolute atomic E-state index is 11.4. The second-order valence-electron chi connectivity index (χ2n) is 5.80. The van der Waals surface area contributed by atoms with Crippen LogP contribution in [0.25, 0.3) is 6.08 Å². The first-order chi connectivity index (χ1) is 13.5. The zero-order valence-electron chi connectivity index (χ0n) is 15.0.